The van der Waals surface area contributed by atoms with Crippen LogP contribution in [0.5, 0.6) is 0 Å². The maximum atomic E-state index is 11.3. The lowest BCUT2D eigenvalue weighted by atomic mass is 9.79. The van der Waals surface area contributed by atoms with Crippen LogP contribution in [0.3, 0.4) is 0 Å². The minimum atomic E-state index is -1.08. The second kappa shape index (κ2) is 5.36. The second-order valence-corrected chi connectivity index (χ2v) is 3.06. The Labute approximate surface area is 82.1 Å². The Hall–Kier alpha value is -1.39. The van der Waals surface area contributed by atoms with Crippen molar-refractivity contribution in [3.8, 4) is 0 Å². The minimum Gasteiger partial charge on any atom is -0.481 e. The van der Waals surface area contributed by atoms with Crippen LogP contribution in [0.4, 0.5) is 0 Å². The monoisotopic (exact) mass is 202 g/mol. The molecule has 0 bridgehead atoms. The van der Waals surface area contributed by atoms with Crippen LogP contribution in [0, 0.1) is 5.41 Å². The molecule has 0 aromatic heterocycles. The SMILES string of the molecule is CCC(CC)(CC(=O)O)C(=O)OC=O. The highest BCUT2D eigenvalue weighted by Gasteiger charge is 2.38. The first-order valence-corrected chi connectivity index (χ1v) is 4.39. The van der Waals surface area contributed by atoms with Gasteiger partial charge < -0.3 is 9.84 Å². The van der Waals surface area contributed by atoms with E-state index >= 15 is 0 Å². The van der Waals surface area contributed by atoms with Crippen LogP contribution in [0.25, 0.3) is 0 Å². The number of esters is 1. The van der Waals surface area contributed by atoms with E-state index in [0.29, 0.717) is 12.8 Å². The van der Waals surface area contributed by atoms with Gasteiger partial charge in [0.25, 0.3) is 0 Å². The predicted octanol–water partition coefficient (Wildman–Crippen LogP) is 0.967. The van der Waals surface area contributed by atoms with Gasteiger partial charge in [0.05, 0.1) is 11.8 Å². The van der Waals surface area contributed by atoms with Crippen LogP contribution in [0.2, 0.25) is 0 Å². The zero-order chi connectivity index (χ0) is 11.2. The first-order chi connectivity index (χ1) is 6.52. The van der Waals surface area contributed by atoms with E-state index in [1.807, 2.05) is 0 Å². The molecule has 0 unspecified atom stereocenters. The fraction of sp³-hybridized carbons (Fsp3) is 0.667. The van der Waals surface area contributed by atoms with Crippen LogP contribution in [0.1, 0.15) is 33.1 Å². The lowest BCUT2D eigenvalue weighted by molar-refractivity contribution is -0.165. The Kier molecular flexibility index (Phi) is 4.83. The second-order valence-electron chi connectivity index (χ2n) is 3.06. The van der Waals surface area contributed by atoms with Gasteiger partial charge in [-0.1, -0.05) is 13.8 Å². The van der Waals surface area contributed by atoms with Crippen LogP contribution < -0.4 is 0 Å². The topological polar surface area (TPSA) is 80.7 Å². The molecule has 0 heterocycles. The number of carbonyl (C=O) groups excluding carboxylic acids is 2. The van der Waals surface area contributed by atoms with E-state index in [-0.39, 0.29) is 12.9 Å². The summed E-state index contributed by atoms with van der Waals surface area (Å²) in [6.07, 6.45) is 0.359. The summed E-state index contributed by atoms with van der Waals surface area (Å²) >= 11 is 0. The standard InChI is InChI=1S/C9H14O5/c1-3-9(4-2,5-7(11)12)8(13)14-6-10/h6H,3-5H2,1-2H3,(H,11,12). The number of hydrogen-bond acceptors (Lipinski definition) is 4. The van der Waals surface area contributed by atoms with Crippen molar-refractivity contribution in [1.29, 1.82) is 0 Å². The zero-order valence-electron chi connectivity index (χ0n) is 8.28. The number of rotatable bonds is 6. The molecular formula is C9H14O5. The van der Waals surface area contributed by atoms with Crippen molar-refractivity contribution in [1.82, 2.24) is 0 Å². The number of carboxylic acids is 1. The van der Waals surface area contributed by atoms with Gasteiger partial charge >= 0.3 is 18.4 Å². The van der Waals surface area contributed by atoms with Crippen molar-refractivity contribution >= 4 is 18.4 Å². The van der Waals surface area contributed by atoms with Crippen LogP contribution >= 0.6 is 0 Å². The van der Waals surface area contributed by atoms with Crippen LogP contribution in [-0.4, -0.2) is 23.5 Å². The van der Waals surface area contributed by atoms with Gasteiger partial charge in [0.15, 0.2) is 0 Å². The predicted molar refractivity (Wildman–Crippen MR) is 47.4 cm³/mol. The summed E-state index contributed by atoms with van der Waals surface area (Å²) in [4.78, 5) is 31.9. The number of ether oxygens (including phenoxy) is 1. The summed E-state index contributed by atoms with van der Waals surface area (Å²) in [6, 6.07) is 0. The Morgan fingerprint density at radius 3 is 2.14 bits per heavy atom. The van der Waals surface area contributed by atoms with E-state index in [2.05, 4.69) is 4.74 Å². The highest BCUT2D eigenvalue weighted by atomic mass is 16.6. The van der Waals surface area contributed by atoms with Gasteiger partial charge in [0.2, 0.25) is 0 Å². The van der Waals surface area contributed by atoms with Crippen LogP contribution in [0.15, 0.2) is 0 Å². The van der Waals surface area contributed by atoms with Gasteiger partial charge in [-0.2, -0.15) is 0 Å². The Balaban J connectivity index is 4.75. The third kappa shape index (κ3) is 2.83. The van der Waals surface area contributed by atoms with Crippen molar-refractivity contribution in [2.75, 3.05) is 0 Å². The van der Waals surface area contributed by atoms with Gasteiger partial charge in [0, 0.05) is 0 Å². The molecule has 0 saturated carbocycles. The third-order valence-electron chi connectivity index (χ3n) is 2.43. The van der Waals surface area contributed by atoms with Crippen molar-refractivity contribution in [2.45, 2.75) is 33.1 Å². The fourth-order valence-corrected chi connectivity index (χ4v) is 1.32. The molecule has 0 radical (unpaired) electrons. The van der Waals surface area contributed by atoms with Crippen molar-refractivity contribution in [3.63, 3.8) is 0 Å². The molecule has 0 aliphatic heterocycles. The van der Waals surface area contributed by atoms with E-state index in [0.717, 1.165) is 0 Å². The van der Waals surface area contributed by atoms with E-state index in [9.17, 15) is 14.4 Å². The van der Waals surface area contributed by atoms with E-state index < -0.39 is 17.4 Å². The lowest BCUT2D eigenvalue weighted by Crippen LogP contribution is -2.34. The van der Waals surface area contributed by atoms with E-state index in [4.69, 9.17) is 5.11 Å². The summed E-state index contributed by atoms with van der Waals surface area (Å²) in [7, 11) is 0. The van der Waals surface area contributed by atoms with Gasteiger partial charge in [-0.15, -0.1) is 0 Å². The Bertz CT molecular complexity index is 229. The van der Waals surface area contributed by atoms with Crippen molar-refractivity contribution in [3.05, 3.63) is 0 Å². The average molecular weight is 202 g/mol. The Morgan fingerprint density at radius 1 is 1.36 bits per heavy atom. The maximum Gasteiger partial charge on any atom is 0.320 e. The molecule has 5 heteroatoms. The number of aliphatic carboxylic acids is 1. The first kappa shape index (κ1) is 12.6. The largest absolute Gasteiger partial charge is 0.481 e. The average Bonchev–Trinajstić information content (AvgIpc) is 2.14. The quantitative estimate of drug-likeness (QED) is 0.394. The minimum absolute atomic E-state index is 0.0320. The van der Waals surface area contributed by atoms with Gasteiger partial charge in [0.1, 0.15) is 0 Å². The number of carbonyl (C=O) groups is 3. The molecule has 0 aromatic rings. The molecule has 0 atom stereocenters. The summed E-state index contributed by atoms with van der Waals surface area (Å²) in [6.45, 7) is 3.42. The molecule has 0 fully saturated rings. The van der Waals surface area contributed by atoms with E-state index in [1.165, 1.54) is 0 Å². The molecular weight excluding hydrogens is 188 g/mol. The van der Waals surface area contributed by atoms with Gasteiger partial charge in [-0.05, 0) is 12.8 Å². The molecule has 5 nitrogen and oxygen atoms in total. The molecule has 0 rings (SSSR count). The normalized spacial score (nSPS) is 10.7. The molecule has 14 heavy (non-hydrogen) atoms. The van der Waals surface area contributed by atoms with E-state index in [1.54, 1.807) is 13.8 Å². The van der Waals surface area contributed by atoms with Crippen molar-refractivity contribution < 1.29 is 24.2 Å². The van der Waals surface area contributed by atoms with Crippen molar-refractivity contribution in [2.24, 2.45) is 5.41 Å². The molecule has 0 aromatic carbocycles. The summed E-state index contributed by atoms with van der Waals surface area (Å²) in [5, 5.41) is 8.63. The fourth-order valence-electron chi connectivity index (χ4n) is 1.32. The first-order valence-electron chi connectivity index (χ1n) is 4.39. The number of carboxylic acid groups (broad SMARTS) is 1. The van der Waals surface area contributed by atoms with Gasteiger partial charge in [-0.25, -0.2) is 0 Å². The molecule has 0 amide bonds. The molecule has 0 aliphatic carbocycles. The molecule has 80 valence electrons. The summed E-state index contributed by atoms with van der Waals surface area (Å²) in [5.74, 6) is -1.84. The molecule has 0 aliphatic rings. The number of hydrogen-bond donors (Lipinski definition) is 1. The summed E-state index contributed by atoms with van der Waals surface area (Å²) < 4.78 is 4.21. The van der Waals surface area contributed by atoms with Gasteiger partial charge in [-0.3, -0.25) is 14.4 Å². The zero-order valence-corrected chi connectivity index (χ0v) is 8.28. The molecule has 0 spiro atoms. The smallest absolute Gasteiger partial charge is 0.320 e. The van der Waals surface area contributed by atoms with Crippen LogP contribution in [-0.2, 0) is 19.1 Å². The molecule has 1 N–H and O–H groups in total. The highest BCUT2D eigenvalue weighted by molar-refractivity contribution is 5.86. The highest BCUT2D eigenvalue weighted by Crippen LogP contribution is 2.31. The lowest BCUT2D eigenvalue weighted by Gasteiger charge is -2.25. The molecule has 0 saturated heterocycles. The third-order valence-corrected chi connectivity index (χ3v) is 2.43. The summed E-state index contributed by atoms with van der Waals surface area (Å²) in [5.41, 5.74) is -1.08. The maximum absolute atomic E-state index is 11.3. The Morgan fingerprint density at radius 2 is 1.86 bits per heavy atom.